The fourth-order valence-electron chi connectivity index (χ4n) is 1.34. The molecule has 94 valence electrons. The fraction of sp³-hybridized carbons (Fsp3) is 0.0833. The summed E-state index contributed by atoms with van der Waals surface area (Å²) in [7, 11) is 0. The lowest BCUT2D eigenvalue weighted by Gasteiger charge is -2.06. The number of rotatable bonds is 4. The molecular formula is C12H8BrFO3S. The van der Waals surface area contributed by atoms with Crippen LogP contribution in [0, 0.1) is 5.82 Å². The van der Waals surface area contributed by atoms with E-state index in [1.807, 2.05) is 11.4 Å². The maximum absolute atomic E-state index is 13.4. The number of hydrogen-bond donors (Lipinski definition) is 1. The molecular weight excluding hydrogens is 323 g/mol. The molecule has 1 aromatic carbocycles. The van der Waals surface area contributed by atoms with E-state index >= 15 is 0 Å². The molecule has 0 bridgehead atoms. The van der Waals surface area contributed by atoms with Gasteiger partial charge in [-0.2, -0.15) is 0 Å². The van der Waals surface area contributed by atoms with Gasteiger partial charge in [0.2, 0.25) is 0 Å². The molecule has 0 spiro atoms. The van der Waals surface area contributed by atoms with Gasteiger partial charge < -0.3 is 9.84 Å². The van der Waals surface area contributed by atoms with E-state index < -0.39 is 11.8 Å². The van der Waals surface area contributed by atoms with Crippen molar-refractivity contribution >= 4 is 33.2 Å². The fourth-order valence-corrected chi connectivity index (χ4v) is 2.71. The lowest BCUT2D eigenvalue weighted by molar-refractivity contribution is 0.0692. The standard InChI is InChI=1S/C12H8BrFO3S/c13-9-3-4-18-11(9)6-17-7-1-2-8(12(15)16)10(14)5-7/h1-5H,6H2,(H,15,16). The average Bonchev–Trinajstić information content (AvgIpc) is 2.72. The summed E-state index contributed by atoms with van der Waals surface area (Å²) in [5.41, 5.74) is -0.361. The summed E-state index contributed by atoms with van der Waals surface area (Å²) in [6, 6.07) is 5.60. The Kier molecular flexibility index (Phi) is 3.98. The van der Waals surface area contributed by atoms with Gasteiger partial charge >= 0.3 is 5.97 Å². The van der Waals surface area contributed by atoms with Gasteiger partial charge in [0.15, 0.2) is 0 Å². The normalized spacial score (nSPS) is 10.3. The van der Waals surface area contributed by atoms with Crippen molar-refractivity contribution in [2.24, 2.45) is 0 Å². The van der Waals surface area contributed by atoms with Crippen LogP contribution in [0.3, 0.4) is 0 Å². The minimum atomic E-state index is -1.29. The summed E-state index contributed by atoms with van der Waals surface area (Å²) in [4.78, 5) is 11.6. The molecule has 2 rings (SSSR count). The first-order valence-corrected chi connectivity index (χ1v) is 6.62. The topological polar surface area (TPSA) is 46.5 Å². The Morgan fingerprint density at radius 1 is 1.44 bits per heavy atom. The van der Waals surface area contributed by atoms with Crippen LogP contribution in [-0.2, 0) is 6.61 Å². The summed E-state index contributed by atoms with van der Waals surface area (Å²) in [6.07, 6.45) is 0. The third kappa shape index (κ3) is 2.88. The monoisotopic (exact) mass is 330 g/mol. The molecule has 0 fully saturated rings. The summed E-state index contributed by atoms with van der Waals surface area (Å²) >= 11 is 4.88. The highest BCUT2D eigenvalue weighted by atomic mass is 79.9. The van der Waals surface area contributed by atoms with Gasteiger partial charge in [-0.05, 0) is 39.5 Å². The molecule has 0 aliphatic carbocycles. The average molecular weight is 331 g/mol. The van der Waals surface area contributed by atoms with E-state index in [0.29, 0.717) is 12.4 Å². The van der Waals surface area contributed by atoms with Gasteiger partial charge in [-0.25, -0.2) is 9.18 Å². The Bertz CT molecular complexity index is 582. The molecule has 0 radical (unpaired) electrons. The first kappa shape index (κ1) is 13.0. The van der Waals surface area contributed by atoms with Crippen LogP contribution >= 0.6 is 27.3 Å². The number of benzene rings is 1. The molecule has 0 atom stereocenters. The van der Waals surface area contributed by atoms with E-state index in [1.54, 1.807) is 0 Å². The van der Waals surface area contributed by atoms with E-state index in [0.717, 1.165) is 15.4 Å². The van der Waals surface area contributed by atoms with E-state index in [-0.39, 0.29) is 5.56 Å². The Hall–Kier alpha value is -1.40. The van der Waals surface area contributed by atoms with Crippen molar-refractivity contribution in [3.8, 4) is 5.75 Å². The molecule has 0 unspecified atom stereocenters. The van der Waals surface area contributed by atoms with Gasteiger partial charge in [0.25, 0.3) is 0 Å². The number of carboxylic acid groups (broad SMARTS) is 1. The quantitative estimate of drug-likeness (QED) is 0.923. The Morgan fingerprint density at radius 2 is 2.22 bits per heavy atom. The van der Waals surface area contributed by atoms with E-state index in [9.17, 15) is 9.18 Å². The number of ether oxygens (including phenoxy) is 1. The Labute approximate surface area is 115 Å². The number of carboxylic acids is 1. The van der Waals surface area contributed by atoms with Crippen molar-refractivity contribution in [1.29, 1.82) is 0 Å². The molecule has 1 N–H and O–H groups in total. The minimum absolute atomic E-state index is 0.304. The van der Waals surface area contributed by atoms with Crippen LogP contribution in [-0.4, -0.2) is 11.1 Å². The van der Waals surface area contributed by atoms with Gasteiger partial charge in [0.1, 0.15) is 18.2 Å². The number of carbonyl (C=O) groups is 1. The predicted molar refractivity (Wildman–Crippen MR) is 69.7 cm³/mol. The van der Waals surface area contributed by atoms with Crippen molar-refractivity contribution < 1.29 is 19.0 Å². The van der Waals surface area contributed by atoms with Crippen LogP contribution in [0.5, 0.6) is 5.75 Å². The molecule has 3 nitrogen and oxygen atoms in total. The molecule has 0 aliphatic rings. The van der Waals surface area contributed by atoms with Crippen LogP contribution < -0.4 is 4.74 Å². The SMILES string of the molecule is O=C(O)c1ccc(OCc2sccc2Br)cc1F. The molecule has 1 heterocycles. The van der Waals surface area contributed by atoms with E-state index in [2.05, 4.69) is 15.9 Å². The third-order valence-corrected chi connectivity index (χ3v) is 4.13. The van der Waals surface area contributed by atoms with Gasteiger partial charge in [-0.3, -0.25) is 0 Å². The van der Waals surface area contributed by atoms with Crippen LogP contribution in [0.2, 0.25) is 0 Å². The predicted octanol–water partition coefficient (Wildman–Crippen LogP) is 3.93. The highest BCUT2D eigenvalue weighted by Gasteiger charge is 2.11. The molecule has 1 aromatic heterocycles. The first-order chi connectivity index (χ1) is 8.58. The second-order valence-electron chi connectivity index (χ2n) is 3.43. The van der Waals surface area contributed by atoms with Crippen LogP contribution in [0.4, 0.5) is 4.39 Å². The maximum atomic E-state index is 13.4. The summed E-state index contributed by atoms with van der Waals surface area (Å²) in [5.74, 6) is -1.79. The van der Waals surface area contributed by atoms with Gasteiger partial charge in [-0.1, -0.05) is 0 Å². The second-order valence-corrected chi connectivity index (χ2v) is 5.28. The second kappa shape index (κ2) is 5.49. The zero-order chi connectivity index (χ0) is 13.1. The molecule has 0 saturated heterocycles. The lowest BCUT2D eigenvalue weighted by Crippen LogP contribution is -2.01. The summed E-state index contributed by atoms with van der Waals surface area (Å²) in [6.45, 7) is 0.310. The molecule has 18 heavy (non-hydrogen) atoms. The van der Waals surface area contributed by atoms with Crippen LogP contribution in [0.25, 0.3) is 0 Å². The molecule has 0 saturated carbocycles. The van der Waals surface area contributed by atoms with Crippen molar-refractivity contribution in [1.82, 2.24) is 0 Å². The number of hydrogen-bond acceptors (Lipinski definition) is 3. The van der Waals surface area contributed by atoms with Crippen LogP contribution in [0.15, 0.2) is 34.1 Å². The van der Waals surface area contributed by atoms with Crippen molar-refractivity contribution in [3.63, 3.8) is 0 Å². The first-order valence-electron chi connectivity index (χ1n) is 4.95. The number of aromatic carboxylic acids is 1. The van der Waals surface area contributed by atoms with Gasteiger partial charge in [-0.15, -0.1) is 11.3 Å². The van der Waals surface area contributed by atoms with Gasteiger partial charge in [0, 0.05) is 10.5 Å². The molecule has 0 amide bonds. The highest BCUT2D eigenvalue weighted by molar-refractivity contribution is 9.10. The smallest absolute Gasteiger partial charge is 0.338 e. The maximum Gasteiger partial charge on any atom is 0.338 e. The zero-order valence-corrected chi connectivity index (χ0v) is 11.4. The Morgan fingerprint density at radius 3 is 2.78 bits per heavy atom. The number of thiophene rings is 1. The van der Waals surface area contributed by atoms with Crippen LogP contribution in [0.1, 0.15) is 15.2 Å². The third-order valence-electron chi connectivity index (χ3n) is 2.23. The zero-order valence-electron chi connectivity index (χ0n) is 9.02. The van der Waals surface area contributed by atoms with Crippen molar-refractivity contribution in [2.45, 2.75) is 6.61 Å². The molecule has 6 heteroatoms. The summed E-state index contributed by atoms with van der Waals surface area (Å²) < 4.78 is 19.7. The van der Waals surface area contributed by atoms with Crippen molar-refractivity contribution in [2.75, 3.05) is 0 Å². The van der Waals surface area contributed by atoms with Gasteiger partial charge in [0.05, 0.1) is 10.4 Å². The largest absolute Gasteiger partial charge is 0.488 e. The molecule has 0 aliphatic heterocycles. The highest BCUT2D eigenvalue weighted by Crippen LogP contribution is 2.25. The number of halogens is 2. The lowest BCUT2D eigenvalue weighted by atomic mass is 10.2. The minimum Gasteiger partial charge on any atom is -0.488 e. The molecule has 2 aromatic rings. The van der Waals surface area contributed by atoms with Crippen molar-refractivity contribution in [3.05, 3.63) is 50.4 Å². The van der Waals surface area contributed by atoms with E-state index in [1.165, 1.54) is 23.5 Å². The Balaban J connectivity index is 2.09. The van der Waals surface area contributed by atoms with E-state index in [4.69, 9.17) is 9.84 Å². The summed E-state index contributed by atoms with van der Waals surface area (Å²) in [5, 5.41) is 10.6.